The highest BCUT2D eigenvalue weighted by atomic mass is 16.3. The summed E-state index contributed by atoms with van der Waals surface area (Å²) in [6, 6.07) is 3.43. The first kappa shape index (κ1) is 11.8. The molecule has 6 nitrogen and oxygen atoms in total. The van der Waals surface area contributed by atoms with Gasteiger partial charge in [0.05, 0.1) is 6.10 Å². The molecule has 1 fully saturated rings. The Kier molecular flexibility index (Phi) is 3.23. The number of aromatic nitrogens is 2. The maximum atomic E-state index is 11.6. The molecule has 0 unspecified atom stereocenters. The van der Waals surface area contributed by atoms with E-state index in [9.17, 15) is 9.90 Å². The van der Waals surface area contributed by atoms with Crippen LogP contribution in [0.4, 0.5) is 5.82 Å². The molecule has 1 amide bonds. The maximum Gasteiger partial charge on any atom is 0.273 e. The molecule has 17 heavy (non-hydrogen) atoms. The van der Waals surface area contributed by atoms with Crippen molar-refractivity contribution in [1.29, 1.82) is 0 Å². The summed E-state index contributed by atoms with van der Waals surface area (Å²) in [7, 11) is 3.35. The molecule has 92 valence electrons. The summed E-state index contributed by atoms with van der Waals surface area (Å²) in [4.78, 5) is 15.0. The monoisotopic (exact) mass is 236 g/mol. The van der Waals surface area contributed by atoms with Crippen molar-refractivity contribution < 1.29 is 9.90 Å². The van der Waals surface area contributed by atoms with E-state index in [1.807, 2.05) is 4.90 Å². The first-order valence-corrected chi connectivity index (χ1v) is 5.56. The van der Waals surface area contributed by atoms with Gasteiger partial charge in [0.25, 0.3) is 5.91 Å². The minimum absolute atomic E-state index is 0.162. The fourth-order valence-corrected chi connectivity index (χ4v) is 1.79. The largest absolute Gasteiger partial charge is 0.391 e. The van der Waals surface area contributed by atoms with Crippen molar-refractivity contribution in [3.05, 3.63) is 17.8 Å². The van der Waals surface area contributed by atoms with Gasteiger partial charge in [-0.3, -0.25) is 4.79 Å². The lowest BCUT2D eigenvalue weighted by atomic mass is 10.3. The molecule has 0 aromatic carbocycles. The molecule has 0 radical (unpaired) electrons. The summed E-state index contributed by atoms with van der Waals surface area (Å²) in [5.41, 5.74) is 0.332. The second-order valence-corrected chi connectivity index (χ2v) is 4.36. The zero-order valence-corrected chi connectivity index (χ0v) is 10.00. The number of anilines is 1. The van der Waals surface area contributed by atoms with Crippen molar-refractivity contribution in [2.75, 3.05) is 32.1 Å². The maximum absolute atomic E-state index is 11.6. The second kappa shape index (κ2) is 4.67. The lowest BCUT2D eigenvalue weighted by Gasteiger charge is -2.16. The molecular formula is C11H16N4O2. The first-order chi connectivity index (χ1) is 8.08. The van der Waals surface area contributed by atoms with Gasteiger partial charge in [-0.15, -0.1) is 10.2 Å². The molecule has 0 aliphatic carbocycles. The number of carbonyl (C=O) groups is 1. The van der Waals surface area contributed by atoms with E-state index in [-0.39, 0.29) is 12.0 Å². The van der Waals surface area contributed by atoms with Crippen molar-refractivity contribution >= 4 is 11.7 Å². The van der Waals surface area contributed by atoms with Gasteiger partial charge in [0.15, 0.2) is 11.5 Å². The van der Waals surface area contributed by atoms with Crippen molar-refractivity contribution in [3.63, 3.8) is 0 Å². The predicted molar refractivity (Wildman–Crippen MR) is 62.9 cm³/mol. The lowest BCUT2D eigenvalue weighted by Crippen LogP contribution is -2.25. The van der Waals surface area contributed by atoms with Crippen LogP contribution in [0.1, 0.15) is 16.9 Å². The second-order valence-electron chi connectivity index (χ2n) is 4.36. The SMILES string of the molecule is CN(C)C(=O)c1ccc(N2CC[C@@H](O)C2)nn1. The Morgan fingerprint density at radius 1 is 1.47 bits per heavy atom. The van der Waals surface area contributed by atoms with Crippen LogP contribution < -0.4 is 4.90 Å². The van der Waals surface area contributed by atoms with Crippen LogP contribution in [-0.2, 0) is 0 Å². The quantitative estimate of drug-likeness (QED) is 0.766. The van der Waals surface area contributed by atoms with E-state index in [0.717, 1.165) is 13.0 Å². The number of nitrogens with zero attached hydrogens (tertiary/aromatic N) is 4. The Balaban J connectivity index is 2.10. The Morgan fingerprint density at radius 3 is 2.71 bits per heavy atom. The molecule has 1 aliphatic heterocycles. The number of aliphatic hydroxyl groups is 1. The minimum atomic E-state index is -0.292. The molecule has 0 saturated carbocycles. The molecule has 1 N–H and O–H groups in total. The molecule has 1 aromatic heterocycles. The van der Waals surface area contributed by atoms with Gasteiger partial charge in [0.2, 0.25) is 0 Å². The number of rotatable bonds is 2. The average Bonchev–Trinajstić information content (AvgIpc) is 2.75. The summed E-state index contributed by atoms with van der Waals surface area (Å²) >= 11 is 0. The number of aliphatic hydroxyl groups excluding tert-OH is 1. The van der Waals surface area contributed by atoms with Crippen LogP contribution in [0.2, 0.25) is 0 Å². The third-order valence-corrected chi connectivity index (χ3v) is 2.76. The topological polar surface area (TPSA) is 69.6 Å². The molecule has 1 saturated heterocycles. The van der Waals surface area contributed by atoms with Crippen LogP contribution in [0, 0.1) is 0 Å². The molecule has 0 spiro atoms. The highest BCUT2D eigenvalue weighted by Crippen LogP contribution is 2.17. The summed E-state index contributed by atoms with van der Waals surface area (Å²) in [5.74, 6) is 0.544. The lowest BCUT2D eigenvalue weighted by molar-refractivity contribution is 0.0821. The van der Waals surface area contributed by atoms with E-state index in [4.69, 9.17) is 0 Å². The molecule has 2 heterocycles. The molecule has 6 heteroatoms. The summed E-state index contributed by atoms with van der Waals surface area (Å²) in [5, 5.41) is 17.3. The van der Waals surface area contributed by atoms with E-state index in [1.54, 1.807) is 26.2 Å². The Morgan fingerprint density at radius 2 is 2.24 bits per heavy atom. The Bertz CT molecular complexity index is 404. The number of carbonyl (C=O) groups excluding carboxylic acids is 1. The summed E-state index contributed by atoms with van der Waals surface area (Å²) in [6.07, 6.45) is 0.458. The Hall–Kier alpha value is -1.69. The van der Waals surface area contributed by atoms with Crippen LogP contribution in [0.25, 0.3) is 0 Å². The number of amides is 1. The number of hydrogen-bond acceptors (Lipinski definition) is 5. The normalized spacial score (nSPS) is 19.5. The summed E-state index contributed by atoms with van der Waals surface area (Å²) in [6.45, 7) is 1.35. The van der Waals surface area contributed by atoms with Gasteiger partial charge in [-0.25, -0.2) is 0 Å². The number of β-amino-alcohol motifs (C(OH)–C–C–N with tert-alkyl or cyclic N) is 1. The van der Waals surface area contributed by atoms with Crippen molar-refractivity contribution in [2.24, 2.45) is 0 Å². The van der Waals surface area contributed by atoms with E-state index in [2.05, 4.69) is 10.2 Å². The van der Waals surface area contributed by atoms with Gasteiger partial charge >= 0.3 is 0 Å². The van der Waals surface area contributed by atoms with Crippen LogP contribution in [0.5, 0.6) is 0 Å². The Labute approximate surface area is 99.9 Å². The van der Waals surface area contributed by atoms with Crippen LogP contribution in [0.3, 0.4) is 0 Å². The third kappa shape index (κ3) is 2.52. The third-order valence-electron chi connectivity index (χ3n) is 2.76. The molecular weight excluding hydrogens is 220 g/mol. The van der Waals surface area contributed by atoms with Crippen molar-refractivity contribution in [1.82, 2.24) is 15.1 Å². The van der Waals surface area contributed by atoms with Gasteiger partial charge in [0, 0.05) is 27.2 Å². The zero-order valence-electron chi connectivity index (χ0n) is 10.00. The fraction of sp³-hybridized carbons (Fsp3) is 0.545. The van der Waals surface area contributed by atoms with E-state index >= 15 is 0 Å². The van der Waals surface area contributed by atoms with E-state index < -0.39 is 0 Å². The standard InChI is InChI=1S/C11H16N4O2/c1-14(2)11(17)9-3-4-10(13-12-9)15-6-5-8(16)7-15/h3-4,8,16H,5-7H2,1-2H3/t8-/m1/s1. The van der Waals surface area contributed by atoms with Gasteiger partial charge < -0.3 is 14.9 Å². The smallest absolute Gasteiger partial charge is 0.273 e. The molecule has 1 atom stereocenters. The van der Waals surface area contributed by atoms with Gasteiger partial charge in [0.1, 0.15) is 0 Å². The fourth-order valence-electron chi connectivity index (χ4n) is 1.79. The molecule has 0 bridgehead atoms. The van der Waals surface area contributed by atoms with Crippen LogP contribution in [-0.4, -0.2) is 59.4 Å². The minimum Gasteiger partial charge on any atom is -0.391 e. The van der Waals surface area contributed by atoms with Gasteiger partial charge in [-0.05, 0) is 18.6 Å². The average molecular weight is 236 g/mol. The first-order valence-electron chi connectivity index (χ1n) is 5.56. The van der Waals surface area contributed by atoms with E-state index in [1.165, 1.54) is 4.90 Å². The molecule has 2 rings (SSSR count). The number of hydrogen-bond donors (Lipinski definition) is 1. The highest BCUT2D eigenvalue weighted by Gasteiger charge is 2.22. The molecule has 1 aromatic rings. The van der Waals surface area contributed by atoms with Crippen molar-refractivity contribution in [3.8, 4) is 0 Å². The van der Waals surface area contributed by atoms with Crippen LogP contribution >= 0.6 is 0 Å². The van der Waals surface area contributed by atoms with Crippen LogP contribution in [0.15, 0.2) is 12.1 Å². The van der Waals surface area contributed by atoms with Crippen molar-refractivity contribution in [2.45, 2.75) is 12.5 Å². The molecule has 1 aliphatic rings. The van der Waals surface area contributed by atoms with Gasteiger partial charge in [-0.1, -0.05) is 0 Å². The van der Waals surface area contributed by atoms with E-state index in [0.29, 0.717) is 18.1 Å². The zero-order chi connectivity index (χ0) is 12.4. The van der Waals surface area contributed by atoms with Gasteiger partial charge in [-0.2, -0.15) is 0 Å². The summed E-state index contributed by atoms with van der Waals surface area (Å²) < 4.78 is 0. The predicted octanol–water partition coefficient (Wildman–Crippen LogP) is -0.251. The highest BCUT2D eigenvalue weighted by molar-refractivity contribution is 5.91.